The molecule has 7 nitrogen and oxygen atoms in total. The quantitative estimate of drug-likeness (QED) is 0.626. The van der Waals surface area contributed by atoms with Gasteiger partial charge in [0.2, 0.25) is 18.6 Å². The van der Waals surface area contributed by atoms with Crippen LogP contribution in [-0.4, -0.2) is 35.8 Å². The van der Waals surface area contributed by atoms with E-state index in [1.165, 1.54) is 0 Å². The number of carbonyl (C=O) groups excluding carboxylic acids is 1. The molecule has 3 aromatic rings. The minimum atomic E-state index is -0.0577. The number of amides is 1. The van der Waals surface area contributed by atoms with Crippen LogP contribution in [0.2, 0.25) is 0 Å². The van der Waals surface area contributed by atoms with Crippen molar-refractivity contribution in [1.82, 2.24) is 15.3 Å². The Hall–Kier alpha value is -2.74. The maximum atomic E-state index is 12.8. The number of carbonyl (C=O) groups is 1. The molecule has 0 bridgehead atoms. The van der Waals surface area contributed by atoms with Crippen LogP contribution in [0.1, 0.15) is 18.4 Å². The first-order valence-electron chi connectivity index (χ1n) is 9.72. The second-order valence-corrected chi connectivity index (χ2v) is 8.33. The van der Waals surface area contributed by atoms with Gasteiger partial charge in [-0.2, -0.15) is 0 Å². The minimum absolute atomic E-state index is 0.0577. The van der Waals surface area contributed by atoms with E-state index in [-0.39, 0.29) is 18.6 Å². The number of nitrogens with zero attached hydrogens (tertiary/aromatic N) is 2. The molecule has 29 heavy (non-hydrogen) atoms. The number of fused-ring (bicyclic) bond motifs is 2. The maximum Gasteiger partial charge on any atom is 0.231 e. The predicted octanol–water partition coefficient (Wildman–Crippen LogP) is 3.59. The molecule has 0 saturated carbocycles. The van der Waals surface area contributed by atoms with Crippen molar-refractivity contribution >= 4 is 38.8 Å². The highest BCUT2D eigenvalue weighted by atomic mass is 79.9. The molecule has 150 valence electrons. The molecule has 1 saturated heterocycles. The summed E-state index contributed by atoms with van der Waals surface area (Å²) in [7, 11) is 0. The fraction of sp³-hybridized carbons (Fsp3) is 0.333. The van der Waals surface area contributed by atoms with Crippen molar-refractivity contribution in [3.63, 3.8) is 0 Å². The Bertz CT molecular complexity index is 1070. The van der Waals surface area contributed by atoms with E-state index in [1.54, 1.807) is 0 Å². The first-order valence-corrected chi connectivity index (χ1v) is 10.5. The van der Waals surface area contributed by atoms with Crippen molar-refractivity contribution in [1.29, 1.82) is 0 Å². The van der Waals surface area contributed by atoms with Crippen LogP contribution in [0.25, 0.3) is 11.0 Å². The van der Waals surface area contributed by atoms with Gasteiger partial charge in [-0.25, -0.2) is 4.98 Å². The van der Waals surface area contributed by atoms with Gasteiger partial charge in [0.15, 0.2) is 11.5 Å². The number of aromatic nitrogens is 2. The van der Waals surface area contributed by atoms with Gasteiger partial charge >= 0.3 is 0 Å². The van der Waals surface area contributed by atoms with Gasteiger partial charge in [-0.15, -0.1) is 0 Å². The van der Waals surface area contributed by atoms with Crippen LogP contribution in [0.15, 0.2) is 40.9 Å². The van der Waals surface area contributed by atoms with Crippen molar-refractivity contribution in [2.24, 2.45) is 5.92 Å². The molecule has 0 radical (unpaired) electrons. The van der Waals surface area contributed by atoms with E-state index in [0.717, 1.165) is 57.9 Å². The average Bonchev–Trinajstić information content (AvgIpc) is 3.38. The summed E-state index contributed by atoms with van der Waals surface area (Å²) < 4.78 is 11.7. The van der Waals surface area contributed by atoms with Crippen LogP contribution in [0, 0.1) is 5.92 Å². The summed E-state index contributed by atoms with van der Waals surface area (Å²) in [5.74, 6) is 2.33. The third-order valence-electron chi connectivity index (χ3n) is 5.43. The zero-order chi connectivity index (χ0) is 19.8. The highest BCUT2D eigenvalue weighted by molar-refractivity contribution is 9.10. The van der Waals surface area contributed by atoms with Gasteiger partial charge < -0.3 is 24.7 Å². The predicted molar refractivity (Wildman–Crippen MR) is 113 cm³/mol. The summed E-state index contributed by atoms with van der Waals surface area (Å²) in [6, 6.07) is 11.7. The monoisotopic (exact) mass is 456 g/mol. The molecule has 2 aliphatic heterocycles. The Morgan fingerprint density at radius 3 is 3.07 bits per heavy atom. The molecule has 1 amide bonds. The Morgan fingerprint density at radius 2 is 2.14 bits per heavy atom. The van der Waals surface area contributed by atoms with Crippen LogP contribution >= 0.6 is 15.9 Å². The Morgan fingerprint density at radius 1 is 1.24 bits per heavy atom. The van der Waals surface area contributed by atoms with Gasteiger partial charge in [-0.1, -0.05) is 22.0 Å². The van der Waals surface area contributed by atoms with E-state index in [4.69, 9.17) is 14.5 Å². The number of rotatable bonds is 4. The molecule has 8 heteroatoms. The molecule has 0 aliphatic carbocycles. The molecule has 1 aromatic heterocycles. The largest absolute Gasteiger partial charge is 0.454 e. The van der Waals surface area contributed by atoms with Crippen LogP contribution < -0.4 is 19.7 Å². The molecule has 2 aromatic carbocycles. The number of halogens is 1. The van der Waals surface area contributed by atoms with Gasteiger partial charge in [0, 0.05) is 24.1 Å². The van der Waals surface area contributed by atoms with E-state index in [2.05, 4.69) is 31.1 Å². The van der Waals surface area contributed by atoms with E-state index >= 15 is 0 Å². The standard InChI is InChI=1S/C21H21BrN4O3/c22-15-4-5-16-17(9-15)25-21(24-16)26-7-1-2-14(11-26)20(27)23-10-13-3-6-18-19(8-13)29-12-28-18/h3-6,8-9,14H,1-2,7,10-12H2,(H,23,27)(H,24,25)/t14-/m0/s1. The molecule has 2 aliphatic rings. The minimum Gasteiger partial charge on any atom is -0.454 e. The van der Waals surface area contributed by atoms with Gasteiger partial charge in [-0.3, -0.25) is 4.79 Å². The van der Waals surface area contributed by atoms with Crippen LogP contribution in [0.3, 0.4) is 0 Å². The van der Waals surface area contributed by atoms with Crippen molar-refractivity contribution in [2.45, 2.75) is 19.4 Å². The van der Waals surface area contributed by atoms with Crippen molar-refractivity contribution in [2.75, 3.05) is 24.8 Å². The Kier molecular flexibility index (Phi) is 4.79. The number of hydrogen-bond donors (Lipinski definition) is 2. The Labute approximate surface area is 176 Å². The fourth-order valence-corrected chi connectivity index (χ4v) is 4.25. The van der Waals surface area contributed by atoms with Gasteiger partial charge in [0.25, 0.3) is 0 Å². The van der Waals surface area contributed by atoms with Gasteiger partial charge in [0.1, 0.15) is 0 Å². The fourth-order valence-electron chi connectivity index (χ4n) is 3.89. The zero-order valence-electron chi connectivity index (χ0n) is 15.8. The highest BCUT2D eigenvalue weighted by Crippen LogP contribution is 2.32. The molecule has 1 atom stereocenters. The van der Waals surface area contributed by atoms with E-state index in [9.17, 15) is 4.79 Å². The molecule has 5 rings (SSSR count). The topological polar surface area (TPSA) is 79.5 Å². The lowest BCUT2D eigenvalue weighted by atomic mass is 9.97. The molecule has 0 spiro atoms. The third kappa shape index (κ3) is 3.76. The van der Waals surface area contributed by atoms with E-state index in [1.807, 2.05) is 36.4 Å². The number of H-pyrrole nitrogens is 1. The Balaban J connectivity index is 1.23. The summed E-state index contributed by atoms with van der Waals surface area (Å²) in [4.78, 5) is 23.0. The normalized spacial score (nSPS) is 18.2. The second kappa shape index (κ2) is 7.59. The molecular formula is C21H21BrN4O3. The highest BCUT2D eigenvalue weighted by Gasteiger charge is 2.27. The first-order chi connectivity index (χ1) is 14.2. The van der Waals surface area contributed by atoms with Crippen LogP contribution in [0.5, 0.6) is 11.5 Å². The molecule has 3 heterocycles. The number of nitrogens with one attached hydrogen (secondary N) is 2. The number of benzene rings is 2. The molecule has 2 N–H and O–H groups in total. The van der Waals surface area contributed by atoms with Crippen molar-refractivity contribution in [3.05, 3.63) is 46.4 Å². The lowest BCUT2D eigenvalue weighted by molar-refractivity contribution is -0.125. The van der Waals surface area contributed by atoms with E-state index < -0.39 is 0 Å². The van der Waals surface area contributed by atoms with E-state index in [0.29, 0.717) is 13.1 Å². The number of aromatic amines is 1. The van der Waals surface area contributed by atoms with Crippen molar-refractivity contribution in [3.8, 4) is 11.5 Å². The number of hydrogen-bond acceptors (Lipinski definition) is 5. The summed E-state index contributed by atoms with van der Waals surface area (Å²) in [6.07, 6.45) is 1.85. The first kappa shape index (κ1) is 18.3. The zero-order valence-corrected chi connectivity index (χ0v) is 17.4. The van der Waals surface area contributed by atoms with Crippen LogP contribution in [0.4, 0.5) is 5.95 Å². The number of ether oxygens (including phenoxy) is 2. The average molecular weight is 457 g/mol. The molecular weight excluding hydrogens is 436 g/mol. The van der Waals surface area contributed by atoms with Crippen molar-refractivity contribution < 1.29 is 14.3 Å². The smallest absolute Gasteiger partial charge is 0.231 e. The third-order valence-corrected chi connectivity index (χ3v) is 5.92. The summed E-state index contributed by atoms with van der Waals surface area (Å²) in [5.41, 5.74) is 2.92. The number of anilines is 1. The molecule has 0 unspecified atom stereocenters. The maximum absolute atomic E-state index is 12.8. The van der Waals surface area contributed by atoms with Gasteiger partial charge in [0.05, 0.1) is 17.0 Å². The molecule has 1 fully saturated rings. The summed E-state index contributed by atoms with van der Waals surface area (Å²) in [5, 5.41) is 3.07. The SMILES string of the molecule is O=C(NCc1ccc2c(c1)OCO2)[C@H]1CCCN(c2nc3ccc(Br)cc3[nH]2)C1. The summed E-state index contributed by atoms with van der Waals surface area (Å²) in [6.45, 7) is 2.29. The lowest BCUT2D eigenvalue weighted by Gasteiger charge is -2.31. The number of piperidine rings is 1. The summed E-state index contributed by atoms with van der Waals surface area (Å²) >= 11 is 3.49. The lowest BCUT2D eigenvalue weighted by Crippen LogP contribution is -2.43. The van der Waals surface area contributed by atoms with Gasteiger partial charge in [-0.05, 0) is 48.7 Å². The second-order valence-electron chi connectivity index (χ2n) is 7.41. The number of imidazole rings is 1. The van der Waals surface area contributed by atoms with Crippen LogP contribution in [-0.2, 0) is 11.3 Å².